The number of rotatable bonds is 10. The highest BCUT2D eigenvalue weighted by Gasteiger charge is 2.39. The molecule has 0 aliphatic heterocycles. The molecule has 0 heterocycles. The lowest BCUT2D eigenvalue weighted by Gasteiger charge is -2.45. The van der Waals surface area contributed by atoms with Crippen LogP contribution in [-0.2, 0) is 0 Å². The van der Waals surface area contributed by atoms with Crippen LogP contribution in [0.15, 0.2) is 18.2 Å². The molecule has 0 bridgehead atoms. The van der Waals surface area contributed by atoms with E-state index in [1.165, 1.54) is 89.9 Å². The molecule has 3 saturated carbocycles. The van der Waals surface area contributed by atoms with E-state index in [0.29, 0.717) is 18.3 Å². The maximum absolute atomic E-state index is 14.9. The van der Waals surface area contributed by atoms with Gasteiger partial charge in [0.15, 0.2) is 0 Å². The highest BCUT2D eigenvalue weighted by Crippen LogP contribution is 2.51. The van der Waals surface area contributed by atoms with Gasteiger partial charge >= 0.3 is 0 Å². The number of fused-ring (bicyclic) bond motifs is 1. The van der Waals surface area contributed by atoms with Gasteiger partial charge in [-0.05, 0) is 105 Å². The van der Waals surface area contributed by atoms with Crippen LogP contribution in [0.1, 0.15) is 128 Å². The molecule has 0 radical (unpaired) electrons. The molecular formula is C31H49FO. The maximum atomic E-state index is 14.9. The molecule has 1 nitrogen and oxygen atoms in total. The summed E-state index contributed by atoms with van der Waals surface area (Å²) >= 11 is 0. The fourth-order valence-electron chi connectivity index (χ4n) is 7.53. The third kappa shape index (κ3) is 6.76. The van der Waals surface area contributed by atoms with Gasteiger partial charge in [-0.1, -0.05) is 64.9 Å². The fraction of sp³-hybridized carbons (Fsp3) is 0.806. The van der Waals surface area contributed by atoms with Crippen LogP contribution in [0.3, 0.4) is 0 Å². The topological polar surface area (TPSA) is 9.23 Å². The number of benzene rings is 1. The summed E-state index contributed by atoms with van der Waals surface area (Å²) in [5, 5.41) is 0. The quantitative estimate of drug-likeness (QED) is 0.318. The summed E-state index contributed by atoms with van der Waals surface area (Å²) in [5.74, 6) is 5.80. The van der Waals surface area contributed by atoms with E-state index >= 15 is 0 Å². The Morgan fingerprint density at radius 3 is 2.15 bits per heavy atom. The molecule has 3 aliphatic carbocycles. The third-order valence-corrected chi connectivity index (χ3v) is 9.61. The van der Waals surface area contributed by atoms with E-state index in [1.807, 2.05) is 12.1 Å². The van der Waals surface area contributed by atoms with E-state index in [1.54, 1.807) is 6.07 Å². The first kappa shape index (κ1) is 25.1. The van der Waals surface area contributed by atoms with Gasteiger partial charge in [-0.2, -0.15) is 0 Å². The van der Waals surface area contributed by atoms with Crippen LogP contribution < -0.4 is 4.74 Å². The van der Waals surface area contributed by atoms with Gasteiger partial charge in [0.05, 0.1) is 6.61 Å². The molecule has 33 heavy (non-hydrogen) atoms. The first-order valence-corrected chi connectivity index (χ1v) is 14.6. The lowest BCUT2D eigenvalue weighted by molar-refractivity contribution is 0.0706. The summed E-state index contributed by atoms with van der Waals surface area (Å²) in [4.78, 5) is 0. The molecule has 0 aromatic heterocycles. The Hall–Kier alpha value is -1.05. The summed E-state index contributed by atoms with van der Waals surface area (Å²) < 4.78 is 20.6. The van der Waals surface area contributed by atoms with Gasteiger partial charge < -0.3 is 4.74 Å². The number of hydrogen-bond donors (Lipinski definition) is 0. The molecule has 1 aromatic rings. The van der Waals surface area contributed by atoms with Gasteiger partial charge in [-0.3, -0.25) is 0 Å². The average molecular weight is 457 g/mol. The molecule has 0 saturated heterocycles. The number of ether oxygens (including phenoxy) is 1. The van der Waals surface area contributed by atoms with Gasteiger partial charge in [-0.25, -0.2) is 4.39 Å². The van der Waals surface area contributed by atoms with Crippen LogP contribution in [0, 0.1) is 35.4 Å². The molecule has 186 valence electrons. The SMILES string of the molecule is CCCCCC1CCC(C2CCC3CC(c4ccc(OCCCC)cc4F)CCC3C2)CC1. The standard InChI is InChI=1S/C31H49FO/c1-3-5-7-8-23-9-11-24(12-10-23)25-13-14-27-21-28(16-15-26(27)20-25)30-18-17-29(22-31(30)32)33-19-6-4-2/h17-18,22-28H,3-16,19-21H2,1-2H3. The molecule has 2 heteroatoms. The van der Waals surface area contributed by atoms with Crippen LogP contribution in [0.2, 0.25) is 0 Å². The highest BCUT2D eigenvalue weighted by atomic mass is 19.1. The Morgan fingerprint density at radius 1 is 0.758 bits per heavy atom. The number of unbranched alkanes of at least 4 members (excludes halogenated alkanes) is 3. The Morgan fingerprint density at radius 2 is 1.42 bits per heavy atom. The van der Waals surface area contributed by atoms with Crippen LogP contribution in [0.5, 0.6) is 5.75 Å². The van der Waals surface area contributed by atoms with Crippen molar-refractivity contribution in [2.24, 2.45) is 29.6 Å². The van der Waals surface area contributed by atoms with Crippen molar-refractivity contribution in [3.63, 3.8) is 0 Å². The summed E-state index contributed by atoms with van der Waals surface area (Å²) in [6, 6.07) is 5.65. The summed E-state index contributed by atoms with van der Waals surface area (Å²) in [6.45, 7) is 5.15. The van der Waals surface area contributed by atoms with E-state index in [-0.39, 0.29) is 5.82 Å². The van der Waals surface area contributed by atoms with Crippen molar-refractivity contribution in [3.8, 4) is 5.75 Å². The van der Waals surface area contributed by atoms with Crippen LogP contribution >= 0.6 is 0 Å². The van der Waals surface area contributed by atoms with E-state index < -0.39 is 0 Å². The third-order valence-electron chi connectivity index (χ3n) is 9.61. The molecule has 4 atom stereocenters. The van der Waals surface area contributed by atoms with Crippen molar-refractivity contribution in [1.82, 2.24) is 0 Å². The van der Waals surface area contributed by atoms with Crippen LogP contribution in [0.25, 0.3) is 0 Å². The van der Waals surface area contributed by atoms with Crippen molar-refractivity contribution < 1.29 is 9.13 Å². The van der Waals surface area contributed by atoms with E-state index in [0.717, 1.165) is 48.0 Å². The Kier molecular flexibility index (Phi) is 9.56. The number of halogens is 1. The van der Waals surface area contributed by atoms with Crippen molar-refractivity contribution >= 4 is 0 Å². The second-order valence-electron chi connectivity index (χ2n) is 11.8. The normalized spacial score (nSPS) is 32.3. The lowest BCUT2D eigenvalue weighted by Crippen LogP contribution is -2.34. The minimum Gasteiger partial charge on any atom is -0.493 e. The molecule has 3 aliphatic rings. The van der Waals surface area contributed by atoms with Gasteiger partial charge in [0, 0.05) is 6.07 Å². The minimum absolute atomic E-state index is 0.0446. The van der Waals surface area contributed by atoms with E-state index in [2.05, 4.69) is 13.8 Å². The molecular weight excluding hydrogens is 407 g/mol. The molecule has 0 amide bonds. The van der Waals surface area contributed by atoms with Crippen molar-refractivity contribution in [2.45, 2.75) is 122 Å². The molecule has 3 fully saturated rings. The average Bonchev–Trinajstić information content (AvgIpc) is 2.84. The fourth-order valence-corrected chi connectivity index (χ4v) is 7.53. The zero-order valence-corrected chi connectivity index (χ0v) is 21.5. The highest BCUT2D eigenvalue weighted by molar-refractivity contribution is 5.31. The van der Waals surface area contributed by atoms with Gasteiger partial charge in [-0.15, -0.1) is 0 Å². The first-order chi connectivity index (χ1) is 16.2. The molecule has 1 aromatic carbocycles. The zero-order valence-electron chi connectivity index (χ0n) is 21.5. The van der Waals surface area contributed by atoms with Gasteiger partial charge in [0.2, 0.25) is 0 Å². The lowest BCUT2D eigenvalue weighted by atomic mass is 9.60. The summed E-state index contributed by atoms with van der Waals surface area (Å²) in [6.07, 6.45) is 21.8. The summed E-state index contributed by atoms with van der Waals surface area (Å²) in [7, 11) is 0. The Balaban J connectivity index is 1.24. The van der Waals surface area contributed by atoms with E-state index in [4.69, 9.17) is 4.74 Å². The van der Waals surface area contributed by atoms with Crippen LogP contribution in [0.4, 0.5) is 4.39 Å². The largest absolute Gasteiger partial charge is 0.493 e. The molecule has 4 rings (SSSR count). The smallest absolute Gasteiger partial charge is 0.130 e. The van der Waals surface area contributed by atoms with Gasteiger partial charge in [0.1, 0.15) is 11.6 Å². The molecule has 4 unspecified atom stereocenters. The first-order valence-electron chi connectivity index (χ1n) is 14.6. The van der Waals surface area contributed by atoms with Gasteiger partial charge in [0.25, 0.3) is 0 Å². The zero-order chi connectivity index (χ0) is 23.0. The summed E-state index contributed by atoms with van der Waals surface area (Å²) in [5.41, 5.74) is 0.944. The number of hydrogen-bond acceptors (Lipinski definition) is 1. The van der Waals surface area contributed by atoms with Crippen molar-refractivity contribution in [2.75, 3.05) is 6.61 Å². The van der Waals surface area contributed by atoms with Crippen molar-refractivity contribution in [3.05, 3.63) is 29.6 Å². The molecule has 0 spiro atoms. The van der Waals surface area contributed by atoms with Crippen molar-refractivity contribution in [1.29, 1.82) is 0 Å². The predicted molar refractivity (Wildman–Crippen MR) is 137 cm³/mol. The van der Waals surface area contributed by atoms with Crippen LogP contribution in [-0.4, -0.2) is 6.61 Å². The minimum atomic E-state index is -0.0446. The van der Waals surface area contributed by atoms with E-state index in [9.17, 15) is 4.39 Å². The maximum Gasteiger partial charge on any atom is 0.130 e. The second kappa shape index (κ2) is 12.6. The second-order valence-corrected chi connectivity index (χ2v) is 11.8. The Bertz CT molecular complexity index is 707. The molecule has 0 N–H and O–H groups in total. The monoisotopic (exact) mass is 456 g/mol. The predicted octanol–water partition coefficient (Wildman–Crippen LogP) is 9.69. The Labute approximate surface area is 203 Å².